The number of carbonyl (C=O) groups is 1. The number of hydrogen-bond donors (Lipinski definition) is 1. The minimum Gasteiger partial charge on any atom is -0.478 e. The van der Waals surface area contributed by atoms with Crippen LogP contribution in [0.2, 0.25) is 0 Å². The van der Waals surface area contributed by atoms with E-state index in [2.05, 4.69) is 4.98 Å². The predicted octanol–water partition coefficient (Wildman–Crippen LogP) is 3.42. The third-order valence-electron chi connectivity index (χ3n) is 2.21. The van der Waals surface area contributed by atoms with Gasteiger partial charge in [-0.3, -0.25) is 0 Å². The highest BCUT2D eigenvalue weighted by Gasteiger charge is 2.03. The number of fused-ring (bicyclic) bond motifs is 1. The summed E-state index contributed by atoms with van der Waals surface area (Å²) in [5.41, 5.74) is 1.37. The van der Waals surface area contributed by atoms with Gasteiger partial charge >= 0.3 is 5.97 Å². The van der Waals surface area contributed by atoms with Crippen LogP contribution < -0.4 is 0 Å². The monoisotopic (exact) mass is 265 g/mol. The molecule has 2 rings (SSSR count). The Morgan fingerprint density at radius 2 is 2.29 bits per heavy atom. The summed E-state index contributed by atoms with van der Waals surface area (Å²) in [5, 5.41) is 8.70. The number of nitrogens with zero attached hydrogens (tertiary/aromatic N) is 1. The number of carboxylic acids is 1. The van der Waals surface area contributed by atoms with Crippen LogP contribution in [0.1, 0.15) is 6.92 Å². The number of thioether (sulfide) groups is 1. The Morgan fingerprint density at radius 1 is 1.53 bits per heavy atom. The number of aromatic nitrogens is 1. The van der Waals surface area contributed by atoms with Crippen molar-refractivity contribution < 1.29 is 9.90 Å². The summed E-state index contributed by atoms with van der Waals surface area (Å²) in [6.07, 6.45) is 1.71. The fourth-order valence-corrected chi connectivity index (χ4v) is 3.28. The van der Waals surface area contributed by atoms with Crippen LogP contribution in [-0.4, -0.2) is 21.8 Å². The number of benzene rings is 1. The van der Waals surface area contributed by atoms with E-state index in [1.807, 2.05) is 24.3 Å². The van der Waals surface area contributed by atoms with Crippen LogP contribution in [0.5, 0.6) is 0 Å². The highest BCUT2D eigenvalue weighted by atomic mass is 32.2. The molecule has 1 aromatic carbocycles. The Hall–Kier alpha value is -1.33. The first-order valence-corrected chi connectivity index (χ1v) is 6.85. The molecule has 0 bridgehead atoms. The summed E-state index contributed by atoms with van der Waals surface area (Å²) in [7, 11) is 0. The summed E-state index contributed by atoms with van der Waals surface area (Å²) >= 11 is 3.19. The minimum atomic E-state index is -0.866. The molecular weight excluding hydrogens is 254 g/mol. The zero-order valence-corrected chi connectivity index (χ0v) is 10.8. The van der Waals surface area contributed by atoms with Crippen molar-refractivity contribution in [2.75, 3.05) is 5.75 Å². The predicted molar refractivity (Wildman–Crippen MR) is 71.7 cm³/mol. The normalized spacial score (nSPS) is 11.9. The van der Waals surface area contributed by atoms with E-state index in [0.29, 0.717) is 11.3 Å². The van der Waals surface area contributed by atoms with E-state index in [0.717, 1.165) is 14.6 Å². The fourth-order valence-electron chi connectivity index (χ4n) is 1.24. The van der Waals surface area contributed by atoms with Crippen molar-refractivity contribution >= 4 is 39.3 Å². The fraction of sp³-hybridized carbons (Fsp3) is 0.167. The lowest BCUT2D eigenvalue weighted by molar-refractivity contribution is -0.132. The van der Waals surface area contributed by atoms with Gasteiger partial charge in [-0.25, -0.2) is 9.78 Å². The average molecular weight is 265 g/mol. The molecule has 0 saturated carbocycles. The average Bonchev–Trinajstić information content (AvgIpc) is 2.71. The quantitative estimate of drug-likeness (QED) is 0.680. The van der Waals surface area contributed by atoms with Gasteiger partial charge in [0.25, 0.3) is 0 Å². The summed E-state index contributed by atoms with van der Waals surface area (Å²) in [6, 6.07) is 7.97. The lowest BCUT2D eigenvalue weighted by Crippen LogP contribution is -1.96. The molecule has 0 aliphatic heterocycles. The molecule has 0 unspecified atom stereocenters. The zero-order valence-electron chi connectivity index (χ0n) is 9.21. The topological polar surface area (TPSA) is 50.2 Å². The van der Waals surface area contributed by atoms with Gasteiger partial charge in [-0.1, -0.05) is 30.0 Å². The van der Waals surface area contributed by atoms with Gasteiger partial charge in [0, 0.05) is 11.3 Å². The Bertz CT molecular complexity index is 542. The summed E-state index contributed by atoms with van der Waals surface area (Å²) in [6.45, 7) is 1.60. The molecule has 0 atom stereocenters. The van der Waals surface area contributed by atoms with Gasteiger partial charge < -0.3 is 5.11 Å². The first-order valence-electron chi connectivity index (χ1n) is 5.05. The third-order valence-corrected chi connectivity index (χ3v) is 4.31. The van der Waals surface area contributed by atoms with Crippen LogP contribution in [-0.2, 0) is 4.79 Å². The van der Waals surface area contributed by atoms with E-state index in [1.54, 1.807) is 36.1 Å². The van der Waals surface area contributed by atoms with E-state index in [-0.39, 0.29) is 0 Å². The molecule has 0 amide bonds. The van der Waals surface area contributed by atoms with Crippen LogP contribution in [0.4, 0.5) is 0 Å². The van der Waals surface area contributed by atoms with Crippen LogP contribution >= 0.6 is 23.1 Å². The highest BCUT2D eigenvalue weighted by molar-refractivity contribution is 8.01. The molecule has 88 valence electrons. The molecule has 0 radical (unpaired) electrons. The van der Waals surface area contributed by atoms with Gasteiger partial charge in [-0.05, 0) is 19.1 Å². The second-order valence-corrected chi connectivity index (χ2v) is 5.75. The maximum absolute atomic E-state index is 10.6. The largest absolute Gasteiger partial charge is 0.478 e. The molecule has 0 aliphatic rings. The third kappa shape index (κ3) is 3.08. The molecule has 0 saturated heterocycles. The van der Waals surface area contributed by atoms with Gasteiger partial charge in [0.15, 0.2) is 4.34 Å². The first kappa shape index (κ1) is 12.1. The van der Waals surface area contributed by atoms with Gasteiger partial charge in [0.05, 0.1) is 10.2 Å². The summed E-state index contributed by atoms with van der Waals surface area (Å²) < 4.78 is 2.13. The lowest BCUT2D eigenvalue weighted by atomic mass is 10.3. The highest BCUT2D eigenvalue weighted by Crippen LogP contribution is 2.29. The smallest absolute Gasteiger partial charge is 0.330 e. The van der Waals surface area contributed by atoms with Crippen molar-refractivity contribution in [3.05, 3.63) is 35.9 Å². The van der Waals surface area contributed by atoms with E-state index in [9.17, 15) is 4.79 Å². The van der Waals surface area contributed by atoms with Crippen molar-refractivity contribution in [3.63, 3.8) is 0 Å². The number of para-hydroxylation sites is 1. The van der Waals surface area contributed by atoms with Crippen LogP contribution in [0.25, 0.3) is 10.2 Å². The van der Waals surface area contributed by atoms with E-state index in [4.69, 9.17) is 5.11 Å². The van der Waals surface area contributed by atoms with Crippen LogP contribution in [0.15, 0.2) is 40.3 Å². The van der Waals surface area contributed by atoms with Crippen molar-refractivity contribution in [1.29, 1.82) is 0 Å². The molecule has 17 heavy (non-hydrogen) atoms. The minimum absolute atomic E-state index is 0.374. The molecule has 0 spiro atoms. The van der Waals surface area contributed by atoms with Gasteiger partial charge in [0.2, 0.25) is 0 Å². The van der Waals surface area contributed by atoms with Crippen molar-refractivity contribution in [2.45, 2.75) is 11.3 Å². The molecule has 3 nitrogen and oxygen atoms in total. The Morgan fingerprint density at radius 3 is 3.00 bits per heavy atom. The molecule has 2 aromatic rings. The molecule has 1 heterocycles. The molecule has 0 aliphatic carbocycles. The van der Waals surface area contributed by atoms with Gasteiger partial charge in [0.1, 0.15) is 0 Å². The Kier molecular flexibility index (Phi) is 3.81. The number of aliphatic carboxylic acids is 1. The van der Waals surface area contributed by atoms with Crippen LogP contribution in [0, 0.1) is 0 Å². The number of hydrogen-bond acceptors (Lipinski definition) is 4. The summed E-state index contributed by atoms with van der Waals surface area (Å²) in [4.78, 5) is 15.1. The van der Waals surface area contributed by atoms with Crippen LogP contribution in [0.3, 0.4) is 0 Å². The van der Waals surface area contributed by atoms with Gasteiger partial charge in [-0.2, -0.15) is 0 Å². The van der Waals surface area contributed by atoms with E-state index in [1.165, 1.54) is 0 Å². The number of thiazole rings is 1. The van der Waals surface area contributed by atoms with Crippen molar-refractivity contribution in [1.82, 2.24) is 4.98 Å². The zero-order chi connectivity index (χ0) is 12.3. The maximum Gasteiger partial charge on any atom is 0.330 e. The van der Waals surface area contributed by atoms with E-state index < -0.39 is 5.97 Å². The summed E-state index contributed by atoms with van der Waals surface area (Å²) in [5.74, 6) is -0.229. The van der Waals surface area contributed by atoms with E-state index >= 15 is 0 Å². The standard InChI is InChI=1S/C12H11NO2S2/c1-8(11(14)15)6-7-16-12-13-9-4-2-3-5-10(9)17-12/h2-6H,7H2,1H3,(H,14,15). The Balaban J connectivity index is 2.04. The van der Waals surface area contributed by atoms with Crippen molar-refractivity contribution in [3.8, 4) is 0 Å². The maximum atomic E-state index is 10.6. The molecular formula is C12H11NO2S2. The first-order chi connectivity index (χ1) is 8.16. The molecule has 5 heteroatoms. The molecule has 0 fully saturated rings. The molecule has 1 N–H and O–H groups in total. The van der Waals surface area contributed by atoms with Crippen molar-refractivity contribution in [2.24, 2.45) is 0 Å². The number of rotatable bonds is 4. The lowest BCUT2D eigenvalue weighted by Gasteiger charge is -1.92. The second-order valence-electron chi connectivity index (χ2n) is 3.45. The Labute approximate surface area is 107 Å². The second kappa shape index (κ2) is 5.33. The number of carboxylic acid groups (broad SMARTS) is 1. The van der Waals surface area contributed by atoms with Gasteiger partial charge in [-0.15, -0.1) is 11.3 Å². The SMILES string of the molecule is CC(=CCSc1nc2ccccc2s1)C(=O)O. The molecule has 1 aromatic heterocycles.